The van der Waals surface area contributed by atoms with Crippen LogP contribution in [0.1, 0.15) is 70.2 Å². The summed E-state index contributed by atoms with van der Waals surface area (Å²) < 4.78 is 0. The van der Waals surface area contributed by atoms with Crippen molar-refractivity contribution in [3.8, 4) is 0 Å². The summed E-state index contributed by atoms with van der Waals surface area (Å²) in [5.74, 6) is 2.29. The molecule has 0 fully saturated rings. The van der Waals surface area contributed by atoms with Gasteiger partial charge in [0.15, 0.2) is 0 Å². The van der Waals surface area contributed by atoms with E-state index in [-0.39, 0.29) is 5.54 Å². The van der Waals surface area contributed by atoms with Gasteiger partial charge in [-0.3, -0.25) is 0 Å². The van der Waals surface area contributed by atoms with Crippen molar-refractivity contribution in [2.45, 2.75) is 77.8 Å². The maximum Gasteiger partial charge on any atom is 0.138 e. The molecular weight excluding hydrogens is 278 g/mol. The van der Waals surface area contributed by atoms with E-state index in [0.29, 0.717) is 11.2 Å². The van der Waals surface area contributed by atoms with Gasteiger partial charge in [0.05, 0.1) is 5.75 Å². The van der Waals surface area contributed by atoms with Crippen LogP contribution in [0.5, 0.6) is 0 Å². The lowest BCUT2D eigenvalue weighted by molar-refractivity contribution is 0.411. The second-order valence-corrected chi connectivity index (χ2v) is 8.68. The van der Waals surface area contributed by atoms with Crippen LogP contribution in [0.15, 0.2) is 0 Å². The first-order chi connectivity index (χ1) is 9.60. The van der Waals surface area contributed by atoms with Crippen molar-refractivity contribution in [1.29, 1.82) is 0 Å². The van der Waals surface area contributed by atoms with Crippen LogP contribution >= 0.6 is 11.8 Å². The highest BCUT2D eigenvalue weighted by Crippen LogP contribution is 2.23. The summed E-state index contributed by atoms with van der Waals surface area (Å²) in [6.45, 7) is 18.4. The molecule has 0 aromatic carbocycles. The Morgan fingerprint density at radius 1 is 1.05 bits per heavy atom. The lowest BCUT2D eigenvalue weighted by Gasteiger charge is -2.25. The van der Waals surface area contributed by atoms with Gasteiger partial charge in [-0.15, -0.1) is 0 Å². The zero-order chi connectivity index (χ0) is 16.2. The van der Waals surface area contributed by atoms with Gasteiger partial charge in [-0.25, -0.2) is 9.97 Å². The Balaban J connectivity index is 2.83. The average molecular weight is 310 g/mol. The van der Waals surface area contributed by atoms with Gasteiger partial charge >= 0.3 is 0 Å². The molecule has 1 aromatic heterocycles. The van der Waals surface area contributed by atoms with Crippen LogP contribution in [0, 0.1) is 13.8 Å². The van der Waals surface area contributed by atoms with E-state index in [1.807, 2.05) is 11.8 Å². The lowest BCUT2D eigenvalue weighted by Crippen LogP contribution is -2.38. The maximum absolute atomic E-state index is 4.71. The van der Waals surface area contributed by atoms with Gasteiger partial charge in [-0.1, -0.05) is 20.8 Å². The first kappa shape index (κ1) is 18.4. The topological polar surface area (TPSA) is 37.8 Å². The Hall–Kier alpha value is -0.610. The summed E-state index contributed by atoms with van der Waals surface area (Å²) in [7, 11) is 0. The number of aryl methyl sites for hydroxylation is 2. The molecule has 0 saturated heterocycles. The Kier molecular flexibility index (Phi) is 6.67. The molecule has 0 aliphatic carbocycles. The Morgan fingerprint density at radius 2 is 1.57 bits per heavy atom. The molecule has 0 aliphatic heterocycles. The standard InChI is InChI=1S/C17H31N3S/c1-11(2)21-10-15-19-13(4)16(14(5)20-15)12(3)9-18-17(6,7)8/h11-12,18H,9-10H2,1-8H3. The van der Waals surface area contributed by atoms with E-state index in [1.165, 1.54) is 5.56 Å². The number of aromatic nitrogens is 2. The zero-order valence-corrected chi connectivity index (χ0v) is 15.7. The van der Waals surface area contributed by atoms with Crippen LogP contribution in [0.25, 0.3) is 0 Å². The number of hydrogen-bond acceptors (Lipinski definition) is 4. The van der Waals surface area contributed by atoms with Crippen LogP contribution in [0.4, 0.5) is 0 Å². The molecule has 0 amide bonds. The molecule has 0 aliphatic rings. The maximum atomic E-state index is 4.71. The molecule has 1 unspecified atom stereocenters. The monoisotopic (exact) mass is 309 g/mol. The summed E-state index contributed by atoms with van der Waals surface area (Å²) in [6, 6.07) is 0. The second kappa shape index (κ2) is 7.59. The normalized spacial score (nSPS) is 13.8. The Bertz CT molecular complexity index is 441. The summed E-state index contributed by atoms with van der Waals surface area (Å²) in [6.07, 6.45) is 0. The number of hydrogen-bond donors (Lipinski definition) is 1. The van der Waals surface area contributed by atoms with E-state index in [4.69, 9.17) is 9.97 Å². The number of nitrogens with one attached hydrogen (secondary N) is 1. The van der Waals surface area contributed by atoms with Crippen molar-refractivity contribution in [2.24, 2.45) is 0 Å². The van der Waals surface area contributed by atoms with E-state index in [1.54, 1.807) is 0 Å². The molecule has 1 N–H and O–H groups in total. The van der Waals surface area contributed by atoms with Gasteiger partial charge in [0.1, 0.15) is 5.82 Å². The molecular formula is C17H31N3S. The van der Waals surface area contributed by atoms with Crippen molar-refractivity contribution < 1.29 is 0 Å². The summed E-state index contributed by atoms with van der Waals surface area (Å²) in [5, 5.41) is 4.18. The van der Waals surface area contributed by atoms with Crippen LogP contribution in [-0.2, 0) is 5.75 Å². The van der Waals surface area contributed by atoms with Gasteiger partial charge in [0, 0.05) is 23.5 Å². The first-order valence-electron chi connectivity index (χ1n) is 7.80. The lowest BCUT2D eigenvalue weighted by atomic mass is 9.96. The van der Waals surface area contributed by atoms with E-state index >= 15 is 0 Å². The fourth-order valence-corrected chi connectivity index (χ4v) is 2.99. The zero-order valence-electron chi connectivity index (χ0n) is 14.9. The van der Waals surface area contributed by atoms with Crippen molar-refractivity contribution in [3.63, 3.8) is 0 Å². The third kappa shape index (κ3) is 6.35. The predicted molar refractivity (Wildman–Crippen MR) is 94.1 cm³/mol. The van der Waals surface area contributed by atoms with Crippen molar-refractivity contribution in [1.82, 2.24) is 15.3 Å². The van der Waals surface area contributed by atoms with Gasteiger partial charge < -0.3 is 5.32 Å². The SMILES string of the molecule is Cc1nc(CSC(C)C)nc(C)c1C(C)CNC(C)(C)C. The third-order valence-corrected chi connectivity index (χ3v) is 4.44. The molecule has 1 rings (SSSR count). The smallest absolute Gasteiger partial charge is 0.138 e. The average Bonchev–Trinajstić information content (AvgIpc) is 2.32. The number of rotatable bonds is 6. The van der Waals surface area contributed by atoms with E-state index in [2.05, 4.69) is 60.7 Å². The molecule has 0 spiro atoms. The van der Waals surface area contributed by atoms with Crippen LogP contribution in [0.2, 0.25) is 0 Å². The molecule has 0 radical (unpaired) electrons. The summed E-state index contributed by atoms with van der Waals surface area (Å²) >= 11 is 1.89. The first-order valence-corrected chi connectivity index (χ1v) is 8.85. The predicted octanol–water partition coefficient (Wildman–Crippen LogP) is 4.23. The van der Waals surface area contributed by atoms with Crippen LogP contribution < -0.4 is 5.32 Å². The summed E-state index contributed by atoms with van der Waals surface area (Å²) in [5.41, 5.74) is 3.70. The number of nitrogens with zero attached hydrogens (tertiary/aromatic N) is 2. The van der Waals surface area contributed by atoms with E-state index in [0.717, 1.165) is 29.5 Å². The van der Waals surface area contributed by atoms with Gasteiger partial charge in [-0.05, 0) is 51.3 Å². The number of thioether (sulfide) groups is 1. The van der Waals surface area contributed by atoms with Crippen LogP contribution in [0.3, 0.4) is 0 Å². The molecule has 0 saturated carbocycles. The summed E-state index contributed by atoms with van der Waals surface area (Å²) in [4.78, 5) is 9.42. The fraction of sp³-hybridized carbons (Fsp3) is 0.765. The quantitative estimate of drug-likeness (QED) is 0.853. The van der Waals surface area contributed by atoms with E-state index in [9.17, 15) is 0 Å². The van der Waals surface area contributed by atoms with Gasteiger partial charge in [0.2, 0.25) is 0 Å². The highest BCUT2D eigenvalue weighted by molar-refractivity contribution is 7.99. The highest BCUT2D eigenvalue weighted by atomic mass is 32.2. The minimum atomic E-state index is 0.144. The van der Waals surface area contributed by atoms with E-state index < -0.39 is 0 Å². The largest absolute Gasteiger partial charge is 0.311 e. The molecule has 1 atom stereocenters. The van der Waals surface area contributed by atoms with Crippen molar-refractivity contribution in [2.75, 3.05) is 6.54 Å². The third-order valence-electron chi connectivity index (χ3n) is 3.35. The fourth-order valence-electron chi connectivity index (χ4n) is 2.37. The minimum absolute atomic E-state index is 0.144. The Morgan fingerprint density at radius 3 is 2.00 bits per heavy atom. The highest BCUT2D eigenvalue weighted by Gasteiger charge is 2.17. The molecule has 4 heteroatoms. The Labute approximate surface area is 134 Å². The van der Waals surface area contributed by atoms with Gasteiger partial charge in [0.25, 0.3) is 0 Å². The minimum Gasteiger partial charge on any atom is -0.311 e. The van der Waals surface area contributed by atoms with Crippen molar-refractivity contribution in [3.05, 3.63) is 22.8 Å². The molecule has 120 valence electrons. The second-order valence-electron chi connectivity index (χ2n) is 7.12. The molecule has 3 nitrogen and oxygen atoms in total. The molecule has 0 bridgehead atoms. The molecule has 1 aromatic rings. The molecule has 21 heavy (non-hydrogen) atoms. The molecule has 1 heterocycles. The van der Waals surface area contributed by atoms with Crippen molar-refractivity contribution >= 4 is 11.8 Å². The van der Waals surface area contributed by atoms with Crippen LogP contribution in [-0.4, -0.2) is 27.3 Å². The van der Waals surface area contributed by atoms with Gasteiger partial charge in [-0.2, -0.15) is 11.8 Å².